The minimum absolute atomic E-state index is 0.0701. The lowest BCUT2D eigenvalue weighted by Gasteiger charge is -2.22. The largest absolute Gasteiger partial charge is 0.372 e. The predicted molar refractivity (Wildman–Crippen MR) is 107 cm³/mol. The molecule has 0 atom stereocenters. The van der Waals surface area contributed by atoms with E-state index in [0.717, 1.165) is 27.8 Å². The highest BCUT2D eigenvalue weighted by molar-refractivity contribution is 6.21. The van der Waals surface area contributed by atoms with Crippen LogP contribution < -0.4 is 0 Å². The summed E-state index contributed by atoms with van der Waals surface area (Å²) in [6.07, 6.45) is 2.13. The van der Waals surface area contributed by atoms with Gasteiger partial charge in [-0.3, -0.25) is 4.79 Å². The highest BCUT2D eigenvalue weighted by Crippen LogP contribution is 2.31. The number of benzene rings is 2. The second-order valence-corrected chi connectivity index (χ2v) is 6.27. The standard InChI is InChI=1S/C23H25NO2/c1-3-24(4-2)23(25)22(19-13-9-6-10-14-19)21-17-26-16-20(21)15-18-11-7-5-8-12-18/h5-15H,3-4,16-17H2,1-2H3/b20-15+,22-21-. The summed E-state index contributed by atoms with van der Waals surface area (Å²) in [5.74, 6) is 0.0701. The maximum Gasteiger partial charge on any atom is 0.254 e. The molecule has 0 saturated carbocycles. The van der Waals surface area contributed by atoms with Gasteiger partial charge in [-0.1, -0.05) is 60.7 Å². The normalized spacial score (nSPS) is 17.4. The fourth-order valence-corrected chi connectivity index (χ4v) is 3.26. The van der Waals surface area contributed by atoms with E-state index in [9.17, 15) is 4.79 Å². The lowest BCUT2D eigenvalue weighted by molar-refractivity contribution is -0.124. The molecule has 2 aromatic rings. The van der Waals surface area contributed by atoms with Crippen molar-refractivity contribution in [1.82, 2.24) is 4.90 Å². The Morgan fingerprint density at radius 3 is 2.19 bits per heavy atom. The van der Waals surface area contributed by atoms with Crippen LogP contribution in [0.15, 0.2) is 71.8 Å². The summed E-state index contributed by atoms with van der Waals surface area (Å²) in [6, 6.07) is 20.1. The Hall–Kier alpha value is -2.65. The van der Waals surface area contributed by atoms with E-state index in [0.29, 0.717) is 26.3 Å². The minimum Gasteiger partial charge on any atom is -0.372 e. The van der Waals surface area contributed by atoms with Crippen LogP contribution in [0.4, 0.5) is 0 Å². The molecule has 1 heterocycles. The first kappa shape index (κ1) is 18.2. The number of hydrogen-bond acceptors (Lipinski definition) is 2. The van der Waals surface area contributed by atoms with E-state index in [2.05, 4.69) is 18.2 Å². The first-order valence-corrected chi connectivity index (χ1v) is 9.16. The third kappa shape index (κ3) is 3.94. The van der Waals surface area contributed by atoms with E-state index in [1.165, 1.54) is 0 Å². The zero-order valence-corrected chi connectivity index (χ0v) is 15.4. The molecule has 26 heavy (non-hydrogen) atoms. The smallest absolute Gasteiger partial charge is 0.254 e. The van der Waals surface area contributed by atoms with E-state index >= 15 is 0 Å². The molecule has 1 saturated heterocycles. The van der Waals surface area contributed by atoms with Crippen LogP contribution in [-0.2, 0) is 9.53 Å². The average molecular weight is 347 g/mol. The second-order valence-electron chi connectivity index (χ2n) is 6.27. The Balaban J connectivity index is 2.12. The fraction of sp³-hybridized carbons (Fsp3) is 0.261. The molecule has 3 rings (SSSR count). The Kier molecular flexibility index (Phi) is 6.03. The number of hydrogen-bond donors (Lipinski definition) is 0. The molecule has 1 aliphatic heterocycles. The number of amides is 1. The van der Waals surface area contributed by atoms with Crippen LogP contribution >= 0.6 is 0 Å². The van der Waals surface area contributed by atoms with E-state index in [-0.39, 0.29) is 5.91 Å². The summed E-state index contributed by atoms with van der Waals surface area (Å²) < 4.78 is 5.74. The molecular weight excluding hydrogens is 322 g/mol. The van der Waals surface area contributed by atoms with E-state index in [1.807, 2.05) is 67.3 Å². The molecule has 3 nitrogen and oxygen atoms in total. The molecule has 0 aliphatic carbocycles. The summed E-state index contributed by atoms with van der Waals surface area (Å²) in [5, 5.41) is 0. The molecule has 134 valence electrons. The van der Waals surface area contributed by atoms with Crippen molar-refractivity contribution in [3.63, 3.8) is 0 Å². The lowest BCUT2D eigenvalue weighted by atomic mass is 9.94. The monoisotopic (exact) mass is 347 g/mol. The Morgan fingerprint density at radius 1 is 0.962 bits per heavy atom. The molecule has 0 unspecified atom stereocenters. The molecular formula is C23H25NO2. The van der Waals surface area contributed by atoms with Crippen LogP contribution in [0.1, 0.15) is 25.0 Å². The van der Waals surface area contributed by atoms with Gasteiger partial charge >= 0.3 is 0 Å². The van der Waals surface area contributed by atoms with Crippen molar-refractivity contribution in [3.05, 3.63) is 82.9 Å². The average Bonchev–Trinajstić information content (AvgIpc) is 3.12. The Bertz CT molecular complexity index is 803. The summed E-state index contributed by atoms with van der Waals surface area (Å²) in [4.78, 5) is 15.1. The maximum atomic E-state index is 13.3. The van der Waals surface area contributed by atoms with E-state index in [4.69, 9.17) is 4.74 Å². The van der Waals surface area contributed by atoms with Crippen molar-refractivity contribution in [2.45, 2.75) is 13.8 Å². The number of carbonyl (C=O) groups excluding carboxylic acids is 1. The van der Waals surface area contributed by atoms with Crippen molar-refractivity contribution in [1.29, 1.82) is 0 Å². The molecule has 1 fully saturated rings. The van der Waals surface area contributed by atoms with Crippen molar-refractivity contribution in [2.24, 2.45) is 0 Å². The van der Waals surface area contributed by atoms with E-state index < -0.39 is 0 Å². The molecule has 0 N–H and O–H groups in total. The summed E-state index contributed by atoms with van der Waals surface area (Å²) in [7, 11) is 0. The van der Waals surface area contributed by atoms with Gasteiger partial charge in [-0.05, 0) is 42.2 Å². The Morgan fingerprint density at radius 2 is 1.58 bits per heavy atom. The van der Waals surface area contributed by atoms with Crippen LogP contribution in [0.5, 0.6) is 0 Å². The fourth-order valence-electron chi connectivity index (χ4n) is 3.26. The lowest BCUT2D eigenvalue weighted by Crippen LogP contribution is -2.32. The number of ether oxygens (including phenoxy) is 1. The molecule has 1 aliphatic rings. The quantitative estimate of drug-likeness (QED) is 0.749. The number of likely N-dealkylation sites (N-methyl/N-ethyl adjacent to an activating group) is 1. The molecule has 2 aromatic carbocycles. The second kappa shape index (κ2) is 8.63. The van der Waals surface area contributed by atoms with Gasteiger partial charge in [0.1, 0.15) is 0 Å². The molecule has 0 bridgehead atoms. The summed E-state index contributed by atoms with van der Waals surface area (Å²) >= 11 is 0. The topological polar surface area (TPSA) is 29.5 Å². The highest BCUT2D eigenvalue weighted by atomic mass is 16.5. The van der Waals surface area contributed by atoms with Crippen LogP contribution in [-0.4, -0.2) is 37.1 Å². The first-order valence-electron chi connectivity index (χ1n) is 9.16. The summed E-state index contributed by atoms with van der Waals surface area (Å²) in [5.41, 5.74) is 4.90. The van der Waals surface area contributed by atoms with Gasteiger partial charge < -0.3 is 9.64 Å². The zero-order valence-electron chi connectivity index (χ0n) is 15.4. The van der Waals surface area contributed by atoms with Crippen LogP contribution in [0, 0.1) is 0 Å². The third-order valence-electron chi connectivity index (χ3n) is 4.66. The molecule has 0 aromatic heterocycles. The van der Waals surface area contributed by atoms with Crippen molar-refractivity contribution < 1.29 is 9.53 Å². The van der Waals surface area contributed by atoms with E-state index in [1.54, 1.807) is 0 Å². The van der Waals surface area contributed by atoms with Gasteiger partial charge in [0.05, 0.1) is 18.8 Å². The highest BCUT2D eigenvalue weighted by Gasteiger charge is 2.26. The van der Waals surface area contributed by atoms with Crippen LogP contribution in [0.25, 0.3) is 11.6 Å². The van der Waals surface area contributed by atoms with Gasteiger partial charge in [-0.15, -0.1) is 0 Å². The minimum atomic E-state index is 0.0701. The Labute approximate surface area is 155 Å². The maximum absolute atomic E-state index is 13.3. The number of rotatable bonds is 5. The van der Waals surface area contributed by atoms with Gasteiger partial charge in [0, 0.05) is 13.1 Å². The van der Waals surface area contributed by atoms with Gasteiger partial charge in [-0.25, -0.2) is 0 Å². The molecule has 3 heteroatoms. The van der Waals surface area contributed by atoms with Gasteiger partial charge in [0.25, 0.3) is 5.91 Å². The van der Waals surface area contributed by atoms with Gasteiger partial charge in [0.2, 0.25) is 0 Å². The summed E-state index contributed by atoms with van der Waals surface area (Å²) in [6.45, 7) is 6.41. The van der Waals surface area contributed by atoms with Crippen molar-refractivity contribution in [2.75, 3.05) is 26.3 Å². The van der Waals surface area contributed by atoms with Crippen LogP contribution in [0.2, 0.25) is 0 Å². The predicted octanol–water partition coefficient (Wildman–Crippen LogP) is 4.42. The SMILES string of the molecule is CCN(CC)C(=O)/C(=C1/COC/C1=C\c1ccccc1)c1ccccc1. The molecule has 1 amide bonds. The van der Waals surface area contributed by atoms with Gasteiger partial charge in [-0.2, -0.15) is 0 Å². The zero-order chi connectivity index (χ0) is 18.4. The van der Waals surface area contributed by atoms with Crippen molar-refractivity contribution in [3.8, 4) is 0 Å². The van der Waals surface area contributed by atoms with Gasteiger partial charge in [0.15, 0.2) is 0 Å². The number of carbonyl (C=O) groups is 1. The molecule has 0 spiro atoms. The molecule has 0 radical (unpaired) electrons. The van der Waals surface area contributed by atoms with Crippen molar-refractivity contribution >= 4 is 17.6 Å². The first-order chi connectivity index (χ1) is 12.7. The van der Waals surface area contributed by atoms with Crippen LogP contribution in [0.3, 0.4) is 0 Å². The number of nitrogens with zero attached hydrogens (tertiary/aromatic N) is 1. The third-order valence-corrected chi connectivity index (χ3v) is 4.66.